The van der Waals surface area contributed by atoms with Crippen molar-refractivity contribution < 1.29 is 0 Å². The van der Waals surface area contributed by atoms with Gasteiger partial charge in [-0.15, -0.1) is 35.3 Å². The van der Waals surface area contributed by atoms with Gasteiger partial charge in [-0.2, -0.15) is 5.10 Å². The van der Waals surface area contributed by atoms with Gasteiger partial charge in [-0.3, -0.25) is 9.67 Å². The van der Waals surface area contributed by atoms with Crippen LogP contribution in [0, 0.1) is 13.8 Å². The molecule has 0 aromatic carbocycles. The summed E-state index contributed by atoms with van der Waals surface area (Å²) < 4.78 is 1.94. The van der Waals surface area contributed by atoms with Crippen LogP contribution in [-0.2, 0) is 20.0 Å². The van der Waals surface area contributed by atoms with Crippen LogP contribution in [0.5, 0.6) is 0 Å². The molecule has 0 radical (unpaired) electrons. The number of aryl methyl sites for hydroxylation is 2. The summed E-state index contributed by atoms with van der Waals surface area (Å²) >= 11 is 1.64. The monoisotopic (exact) mass is 448 g/mol. The third-order valence-corrected chi connectivity index (χ3v) is 4.45. The van der Waals surface area contributed by atoms with Crippen LogP contribution in [0.4, 0.5) is 0 Å². The Hall–Kier alpha value is -1.16. The van der Waals surface area contributed by atoms with Crippen molar-refractivity contribution in [1.29, 1.82) is 0 Å². The molecule has 2 N–H and O–H groups in total. The van der Waals surface area contributed by atoms with Gasteiger partial charge in [0.25, 0.3) is 0 Å². The van der Waals surface area contributed by atoms with E-state index in [1.807, 2.05) is 23.3 Å². The lowest BCUT2D eigenvalue weighted by Crippen LogP contribution is -2.42. The first kappa shape index (κ1) is 19.9. The van der Waals surface area contributed by atoms with Gasteiger partial charge < -0.3 is 10.6 Å². The molecule has 2 heterocycles. The van der Waals surface area contributed by atoms with E-state index in [2.05, 4.69) is 46.5 Å². The number of hydrogen-bond acceptors (Lipinski definition) is 4. The van der Waals surface area contributed by atoms with E-state index < -0.39 is 0 Å². The number of thiazole rings is 1. The maximum absolute atomic E-state index is 4.47. The molecule has 0 aliphatic heterocycles. The summed E-state index contributed by atoms with van der Waals surface area (Å²) in [7, 11) is 3.77. The lowest BCUT2D eigenvalue weighted by molar-refractivity contribution is 0.635. The molecular weight excluding hydrogens is 423 g/mol. The first-order valence-corrected chi connectivity index (χ1v) is 8.23. The number of nitrogens with zero attached hydrogens (tertiary/aromatic N) is 4. The molecule has 23 heavy (non-hydrogen) atoms. The Morgan fingerprint density at radius 2 is 2.17 bits per heavy atom. The molecule has 2 aromatic rings. The predicted octanol–water partition coefficient (Wildman–Crippen LogP) is 2.41. The maximum atomic E-state index is 4.47. The summed E-state index contributed by atoms with van der Waals surface area (Å²) in [5, 5.41) is 14.2. The van der Waals surface area contributed by atoms with E-state index in [9.17, 15) is 0 Å². The molecule has 0 bridgehead atoms. The van der Waals surface area contributed by atoms with Crippen LogP contribution in [0.3, 0.4) is 0 Å². The van der Waals surface area contributed by atoms with Gasteiger partial charge in [-0.25, -0.2) is 4.98 Å². The van der Waals surface area contributed by atoms with Crippen LogP contribution in [0.2, 0.25) is 0 Å². The number of hydrogen-bond donors (Lipinski definition) is 2. The van der Waals surface area contributed by atoms with Gasteiger partial charge in [0.05, 0.1) is 12.2 Å². The average Bonchev–Trinajstić information content (AvgIpc) is 3.08. The zero-order valence-electron chi connectivity index (χ0n) is 14.3. The van der Waals surface area contributed by atoms with Gasteiger partial charge in [-0.05, 0) is 32.8 Å². The van der Waals surface area contributed by atoms with E-state index in [0.717, 1.165) is 23.1 Å². The van der Waals surface area contributed by atoms with Gasteiger partial charge in [0.2, 0.25) is 0 Å². The standard InChI is InChI=1S/C15H24N6S.HI/c1-10(8-13-11(2)20-21(5)12(13)3)19-15(16-4)18-9-14-17-6-7-22-14;/h6-7,10H,8-9H2,1-5H3,(H2,16,18,19);1H. The Bertz CT molecular complexity index is 635. The van der Waals surface area contributed by atoms with Crippen LogP contribution >= 0.6 is 35.3 Å². The van der Waals surface area contributed by atoms with E-state index in [-0.39, 0.29) is 30.0 Å². The second-order valence-corrected chi connectivity index (χ2v) is 6.35. The zero-order chi connectivity index (χ0) is 16.1. The van der Waals surface area contributed by atoms with Crippen molar-refractivity contribution in [3.63, 3.8) is 0 Å². The number of aromatic nitrogens is 3. The van der Waals surface area contributed by atoms with Crippen LogP contribution in [0.1, 0.15) is 28.9 Å². The van der Waals surface area contributed by atoms with Crippen LogP contribution in [-0.4, -0.2) is 33.8 Å². The molecule has 0 aliphatic rings. The largest absolute Gasteiger partial charge is 0.354 e. The minimum absolute atomic E-state index is 0. The third-order valence-electron chi connectivity index (χ3n) is 3.67. The molecule has 0 amide bonds. The highest BCUT2D eigenvalue weighted by Gasteiger charge is 2.14. The summed E-state index contributed by atoms with van der Waals surface area (Å²) in [5.74, 6) is 0.793. The minimum Gasteiger partial charge on any atom is -0.354 e. The summed E-state index contributed by atoms with van der Waals surface area (Å²) in [5.41, 5.74) is 3.62. The Kier molecular flexibility index (Phi) is 7.97. The second kappa shape index (κ2) is 9.21. The lowest BCUT2D eigenvalue weighted by Gasteiger charge is -2.17. The minimum atomic E-state index is 0. The van der Waals surface area contributed by atoms with E-state index in [1.165, 1.54) is 11.3 Å². The first-order valence-electron chi connectivity index (χ1n) is 7.36. The molecule has 0 saturated heterocycles. The van der Waals surface area contributed by atoms with Gasteiger partial charge in [0, 0.05) is 37.4 Å². The number of guanidine groups is 1. The van der Waals surface area contributed by atoms with Gasteiger partial charge >= 0.3 is 0 Å². The number of aliphatic imine (C=N–C) groups is 1. The number of nitrogens with one attached hydrogen (secondary N) is 2. The molecule has 8 heteroatoms. The maximum Gasteiger partial charge on any atom is 0.191 e. The Labute approximate surface area is 158 Å². The topological polar surface area (TPSA) is 67.1 Å². The van der Waals surface area contributed by atoms with Crippen molar-refractivity contribution in [1.82, 2.24) is 25.4 Å². The molecule has 0 fully saturated rings. The van der Waals surface area contributed by atoms with Crippen molar-refractivity contribution >= 4 is 41.3 Å². The summed E-state index contributed by atoms with van der Waals surface area (Å²) in [6.07, 6.45) is 2.73. The molecule has 0 aliphatic carbocycles. The lowest BCUT2D eigenvalue weighted by atomic mass is 10.1. The summed E-state index contributed by atoms with van der Waals surface area (Å²) in [6.45, 7) is 7.01. The summed E-state index contributed by atoms with van der Waals surface area (Å²) in [4.78, 5) is 8.53. The van der Waals surface area contributed by atoms with Crippen molar-refractivity contribution in [3.8, 4) is 0 Å². The smallest absolute Gasteiger partial charge is 0.191 e. The van der Waals surface area contributed by atoms with E-state index in [4.69, 9.17) is 0 Å². The highest BCUT2D eigenvalue weighted by Crippen LogP contribution is 2.14. The number of halogens is 1. The molecule has 6 nitrogen and oxygen atoms in total. The fourth-order valence-electron chi connectivity index (χ4n) is 2.40. The van der Waals surface area contributed by atoms with Gasteiger partial charge in [0.1, 0.15) is 5.01 Å². The Morgan fingerprint density at radius 3 is 2.70 bits per heavy atom. The van der Waals surface area contributed by atoms with Crippen LogP contribution in [0.15, 0.2) is 16.6 Å². The van der Waals surface area contributed by atoms with Crippen LogP contribution in [0.25, 0.3) is 0 Å². The fourth-order valence-corrected chi connectivity index (χ4v) is 2.95. The van der Waals surface area contributed by atoms with Crippen molar-refractivity contribution in [2.45, 2.75) is 39.8 Å². The van der Waals surface area contributed by atoms with E-state index in [0.29, 0.717) is 6.54 Å². The second-order valence-electron chi connectivity index (χ2n) is 5.37. The van der Waals surface area contributed by atoms with E-state index >= 15 is 0 Å². The Balaban J connectivity index is 0.00000264. The normalized spacial score (nSPS) is 12.7. The molecule has 2 rings (SSSR count). The van der Waals surface area contributed by atoms with Gasteiger partial charge in [0.15, 0.2) is 5.96 Å². The van der Waals surface area contributed by atoms with Crippen LogP contribution < -0.4 is 10.6 Å². The number of rotatable bonds is 5. The highest BCUT2D eigenvalue weighted by atomic mass is 127. The van der Waals surface area contributed by atoms with Crippen molar-refractivity contribution in [2.24, 2.45) is 12.0 Å². The fraction of sp³-hybridized carbons (Fsp3) is 0.533. The molecule has 0 saturated carbocycles. The third kappa shape index (κ3) is 5.45. The predicted molar refractivity (Wildman–Crippen MR) is 107 cm³/mol. The Morgan fingerprint density at radius 1 is 1.43 bits per heavy atom. The highest BCUT2D eigenvalue weighted by molar-refractivity contribution is 14.0. The van der Waals surface area contributed by atoms with E-state index in [1.54, 1.807) is 18.4 Å². The SMILES string of the molecule is CN=C(NCc1nccs1)NC(C)Cc1c(C)nn(C)c1C.I. The first-order chi connectivity index (χ1) is 10.5. The molecule has 1 atom stereocenters. The molecule has 128 valence electrons. The average molecular weight is 448 g/mol. The van der Waals surface area contributed by atoms with Crippen molar-refractivity contribution in [3.05, 3.63) is 33.5 Å². The molecule has 0 spiro atoms. The quantitative estimate of drug-likeness (QED) is 0.419. The zero-order valence-corrected chi connectivity index (χ0v) is 17.4. The molecular formula is C15H25IN6S. The molecule has 1 unspecified atom stereocenters. The summed E-state index contributed by atoms with van der Waals surface area (Å²) in [6, 6.07) is 0.268. The van der Waals surface area contributed by atoms with Crippen molar-refractivity contribution in [2.75, 3.05) is 7.05 Å². The van der Waals surface area contributed by atoms with Gasteiger partial charge in [-0.1, -0.05) is 0 Å². The molecule has 2 aromatic heterocycles.